The average molecular weight is 426 g/mol. The van der Waals surface area contributed by atoms with E-state index < -0.39 is 0 Å². The third-order valence-electron chi connectivity index (χ3n) is 4.67. The fourth-order valence-corrected chi connectivity index (χ4v) is 3.37. The van der Waals surface area contributed by atoms with Crippen LogP contribution in [-0.4, -0.2) is 41.5 Å². The van der Waals surface area contributed by atoms with Crippen LogP contribution in [0.5, 0.6) is 5.75 Å². The van der Waals surface area contributed by atoms with Crippen LogP contribution in [0.1, 0.15) is 47.4 Å². The topological polar surface area (TPSA) is 70.7 Å². The summed E-state index contributed by atoms with van der Waals surface area (Å²) < 4.78 is 5.67. The van der Waals surface area contributed by atoms with Crippen molar-refractivity contribution in [1.29, 1.82) is 0 Å². The maximum absolute atomic E-state index is 12.6. The first-order valence-electron chi connectivity index (χ1n) is 10.2. The van der Waals surface area contributed by atoms with Crippen molar-refractivity contribution < 1.29 is 14.3 Å². The van der Waals surface area contributed by atoms with Crippen LogP contribution in [0.2, 0.25) is 0 Å². The van der Waals surface area contributed by atoms with Crippen LogP contribution in [0, 0.1) is 5.92 Å². The van der Waals surface area contributed by atoms with E-state index in [2.05, 4.69) is 24.5 Å². The molecule has 1 heterocycles. The Balaban J connectivity index is 1.59. The molecule has 1 fully saturated rings. The Kier molecular flexibility index (Phi) is 7.41. The lowest BCUT2D eigenvalue weighted by atomic mass is 10.1. The molecule has 0 bridgehead atoms. The van der Waals surface area contributed by atoms with E-state index in [1.54, 1.807) is 42.5 Å². The molecule has 1 aliphatic rings. The lowest BCUT2D eigenvalue weighted by Gasteiger charge is -2.16. The number of thiocarbonyl (C=S) groups is 1. The number of nitrogens with zero attached hydrogens (tertiary/aromatic N) is 1. The van der Waals surface area contributed by atoms with Crippen LogP contribution >= 0.6 is 12.2 Å². The smallest absolute Gasteiger partial charge is 0.257 e. The third kappa shape index (κ3) is 6.03. The molecule has 2 aromatic carbocycles. The minimum atomic E-state index is -0.327. The van der Waals surface area contributed by atoms with Crippen molar-refractivity contribution in [3.8, 4) is 5.75 Å². The summed E-state index contributed by atoms with van der Waals surface area (Å²) in [5.41, 5.74) is 1.71. The van der Waals surface area contributed by atoms with E-state index in [4.69, 9.17) is 17.0 Å². The molecule has 158 valence electrons. The van der Waals surface area contributed by atoms with Gasteiger partial charge in [0.05, 0.1) is 6.61 Å². The highest BCUT2D eigenvalue weighted by molar-refractivity contribution is 7.80. The van der Waals surface area contributed by atoms with E-state index in [1.807, 2.05) is 11.0 Å². The molecule has 30 heavy (non-hydrogen) atoms. The normalized spacial score (nSPS) is 13.2. The number of rotatable bonds is 6. The molecule has 2 aromatic rings. The highest BCUT2D eigenvalue weighted by Crippen LogP contribution is 2.17. The minimum absolute atomic E-state index is 0.0179. The molecule has 6 nitrogen and oxygen atoms in total. The summed E-state index contributed by atoms with van der Waals surface area (Å²) in [6.45, 7) is 6.30. The molecule has 1 saturated heterocycles. The number of benzene rings is 2. The largest absolute Gasteiger partial charge is 0.493 e. The number of hydrogen-bond acceptors (Lipinski definition) is 4. The van der Waals surface area contributed by atoms with E-state index in [0.717, 1.165) is 25.9 Å². The van der Waals surface area contributed by atoms with Crippen molar-refractivity contribution in [1.82, 2.24) is 10.2 Å². The zero-order valence-electron chi connectivity index (χ0n) is 17.3. The molecule has 7 heteroatoms. The van der Waals surface area contributed by atoms with Crippen LogP contribution in [0.3, 0.4) is 0 Å². The van der Waals surface area contributed by atoms with Crippen molar-refractivity contribution in [3.05, 3.63) is 59.7 Å². The molecule has 0 atom stereocenters. The zero-order chi connectivity index (χ0) is 21.5. The number of carbonyl (C=O) groups excluding carboxylic acids is 2. The first-order valence-corrected chi connectivity index (χ1v) is 10.6. The van der Waals surface area contributed by atoms with Gasteiger partial charge in [-0.2, -0.15) is 0 Å². The molecule has 0 aliphatic carbocycles. The first kappa shape index (κ1) is 21.8. The van der Waals surface area contributed by atoms with Crippen molar-refractivity contribution in [2.24, 2.45) is 5.92 Å². The second kappa shape index (κ2) is 10.2. The van der Waals surface area contributed by atoms with Gasteiger partial charge in [-0.25, -0.2) is 0 Å². The lowest BCUT2D eigenvalue weighted by molar-refractivity contribution is 0.0792. The highest BCUT2D eigenvalue weighted by Gasteiger charge is 2.19. The van der Waals surface area contributed by atoms with Gasteiger partial charge in [0.1, 0.15) is 5.75 Å². The van der Waals surface area contributed by atoms with Crippen molar-refractivity contribution in [2.45, 2.75) is 26.7 Å². The SMILES string of the molecule is CC(C)COc1cccc(C(=O)NC(=S)Nc2cccc(C(=O)N3CCCC3)c2)c1. The van der Waals surface area contributed by atoms with E-state index in [0.29, 0.717) is 35.1 Å². The molecular weight excluding hydrogens is 398 g/mol. The van der Waals surface area contributed by atoms with Gasteiger partial charge in [0.2, 0.25) is 0 Å². The van der Waals surface area contributed by atoms with Gasteiger partial charge in [-0.3, -0.25) is 14.9 Å². The summed E-state index contributed by atoms with van der Waals surface area (Å²) in [6.07, 6.45) is 2.09. The van der Waals surface area contributed by atoms with Gasteiger partial charge in [-0.15, -0.1) is 0 Å². The summed E-state index contributed by atoms with van der Waals surface area (Å²) in [5, 5.41) is 5.82. The van der Waals surface area contributed by atoms with Crippen LogP contribution in [0.15, 0.2) is 48.5 Å². The highest BCUT2D eigenvalue weighted by atomic mass is 32.1. The predicted molar refractivity (Wildman–Crippen MR) is 122 cm³/mol. The number of carbonyl (C=O) groups is 2. The van der Waals surface area contributed by atoms with E-state index in [9.17, 15) is 9.59 Å². The van der Waals surface area contributed by atoms with E-state index in [1.165, 1.54) is 0 Å². The number of hydrogen-bond donors (Lipinski definition) is 2. The average Bonchev–Trinajstić information content (AvgIpc) is 3.27. The van der Waals surface area contributed by atoms with Crippen molar-refractivity contribution in [2.75, 3.05) is 25.0 Å². The summed E-state index contributed by atoms with van der Waals surface area (Å²) in [5.74, 6) is 0.729. The third-order valence-corrected chi connectivity index (χ3v) is 4.87. The van der Waals surface area contributed by atoms with Crippen LogP contribution in [0.4, 0.5) is 5.69 Å². The number of ether oxygens (including phenoxy) is 1. The zero-order valence-corrected chi connectivity index (χ0v) is 18.1. The molecule has 0 saturated carbocycles. The van der Waals surface area contributed by atoms with Crippen LogP contribution in [-0.2, 0) is 0 Å². The summed E-state index contributed by atoms with van der Waals surface area (Å²) in [6, 6.07) is 14.1. The monoisotopic (exact) mass is 425 g/mol. The molecular formula is C23H27N3O3S. The summed E-state index contributed by atoms with van der Waals surface area (Å²) in [7, 11) is 0. The Labute approximate surface area is 182 Å². The second-order valence-corrected chi connectivity index (χ2v) is 8.13. The van der Waals surface area contributed by atoms with Crippen LogP contribution < -0.4 is 15.4 Å². The maximum Gasteiger partial charge on any atom is 0.257 e. The Hall–Kier alpha value is -2.93. The molecule has 0 spiro atoms. The van der Waals surface area contributed by atoms with Crippen molar-refractivity contribution >= 4 is 34.8 Å². The van der Waals surface area contributed by atoms with Gasteiger partial charge >= 0.3 is 0 Å². The van der Waals surface area contributed by atoms with Gasteiger partial charge in [0.25, 0.3) is 11.8 Å². The van der Waals surface area contributed by atoms with E-state index in [-0.39, 0.29) is 16.9 Å². The summed E-state index contributed by atoms with van der Waals surface area (Å²) in [4.78, 5) is 26.9. The van der Waals surface area contributed by atoms with E-state index >= 15 is 0 Å². The number of likely N-dealkylation sites (tertiary alicyclic amines) is 1. The van der Waals surface area contributed by atoms with Crippen molar-refractivity contribution in [3.63, 3.8) is 0 Å². The molecule has 1 aliphatic heterocycles. The standard InChI is InChI=1S/C23H27N3O3S/c1-16(2)15-29-20-10-6-7-17(14-20)21(27)25-23(30)24-19-9-5-8-18(13-19)22(28)26-11-3-4-12-26/h5-10,13-14,16H,3-4,11-12,15H2,1-2H3,(H2,24,25,27,30). The fraction of sp³-hybridized carbons (Fsp3) is 0.348. The molecule has 0 aromatic heterocycles. The number of amides is 2. The lowest BCUT2D eigenvalue weighted by Crippen LogP contribution is -2.34. The Bertz CT molecular complexity index is 923. The Morgan fingerprint density at radius 3 is 2.50 bits per heavy atom. The van der Waals surface area contributed by atoms with Crippen LogP contribution in [0.25, 0.3) is 0 Å². The molecule has 2 N–H and O–H groups in total. The van der Waals surface area contributed by atoms with Gasteiger partial charge in [-0.05, 0) is 67.4 Å². The minimum Gasteiger partial charge on any atom is -0.493 e. The molecule has 3 rings (SSSR count). The predicted octanol–water partition coefficient (Wildman–Crippen LogP) is 4.08. The number of anilines is 1. The van der Waals surface area contributed by atoms with Gasteiger partial charge in [-0.1, -0.05) is 26.0 Å². The second-order valence-electron chi connectivity index (χ2n) is 7.72. The quantitative estimate of drug-likeness (QED) is 0.683. The fourth-order valence-electron chi connectivity index (χ4n) is 3.16. The molecule has 0 radical (unpaired) electrons. The molecule has 0 unspecified atom stereocenters. The summed E-state index contributed by atoms with van der Waals surface area (Å²) >= 11 is 5.28. The maximum atomic E-state index is 12.6. The Morgan fingerprint density at radius 1 is 1.07 bits per heavy atom. The number of nitrogens with one attached hydrogen (secondary N) is 2. The first-order chi connectivity index (χ1) is 14.4. The molecule has 2 amide bonds. The Morgan fingerprint density at radius 2 is 1.77 bits per heavy atom. The van der Waals surface area contributed by atoms with Gasteiger partial charge in [0, 0.05) is 29.9 Å². The van der Waals surface area contributed by atoms with Gasteiger partial charge < -0.3 is 15.0 Å². The van der Waals surface area contributed by atoms with Gasteiger partial charge in [0.15, 0.2) is 5.11 Å².